The van der Waals surface area contributed by atoms with Crippen LogP contribution in [0.2, 0.25) is 0 Å². The van der Waals surface area contributed by atoms with Crippen LogP contribution in [0.1, 0.15) is 23.9 Å². The maximum atomic E-state index is 5.51. The summed E-state index contributed by atoms with van der Waals surface area (Å²) in [5, 5.41) is 0. The molecule has 0 fully saturated rings. The largest absolute Gasteiger partial charge is 0.494 e. The summed E-state index contributed by atoms with van der Waals surface area (Å²) < 4.78 is 10.7. The number of nitrogens with zero attached hydrogens (tertiary/aromatic N) is 1. The first-order chi connectivity index (χ1) is 8.69. The van der Waals surface area contributed by atoms with Gasteiger partial charge in [-0.2, -0.15) is 4.98 Å². The first-order valence-corrected chi connectivity index (χ1v) is 6.12. The Morgan fingerprint density at radius 1 is 1.22 bits per heavy atom. The lowest BCUT2D eigenvalue weighted by Crippen LogP contribution is -1.94. The van der Waals surface area contributed by atoms with E-state index in [2.05, 4.69) is 17.1 Å². The highest BCUT2D eigenvalue weighted by Gasteiger charge is 2.07. The summed E-state index contributed by atoms with van der Waals surface area (Å²) in [5.74, 6) is 1.77. The third-order valence-electron chi connectivity index (χ3n) is 2.78. The monoisotopic (exact) mass is 246 g/mol. The molecule has 0 spiro atoms. The summed E-state index contributed by atoms with van der Waals surface area (Å²) in [4.78, 5) is 4.05. The van der Waals surface area contributed by atoms with Gasteiger partial charge in [0.25, 0.3) is 6.01 Å². The van der Waals surface area contributed by atoms with Crippen molar-refractivity contribution in [3.8, 4) is 5.75 Å². The van der Waals surface area contributed by atoms with Crippen LogP contribution in [0.25, 0.3) is 0 Å². The Morgan fingerprint density at radius 3 is 2.50 bits per heavy atom. The van der Waals surface area contributed by atoms with Crippen LogP contribution in [0.3, 0.4) is 0 Å². The summed E-state index contributed by atoms with van der Waals surface area (Å²) in [6.45, 7) is 4.58. The standard InChI is InChI=1S/C14H18N2O2/c1-3-17-12-7-4-11(5-8-12)6-9-13-10(2)16-14(15)18-13/h4-5,7-8H,3,6,9H2,1-2H3,(H2,15,16). The van der Waals surface area contributed by atoms with Gasteiger partial charge in [0.1, 0.15) is 11.5 Å². The summed E-state index contributed by atoms with van der Waals surface area (Å²) in [5.41, 5.74) is 7.62. The number of oxazole rings is 1. The van der Waals surface area contributed by atoms with E-state index in [1.165, 1.54) is 5.56 Å². The van der Waals surface area contributed by atoms with Gasteiger partial charge < -0.3 is 14.9 Å². The SMILES string of the molecule is CCOc1ccc(CCc2oc(N)nc2C)cc1. The second kappa shape index (κ2) is 5.58. The Kier molecular flexibility index (Phi) is 3.87. The van der Waals surface area contributed by atoms with Crippen LogP contribution in [0, 0.1) is 6.92 Å². The Balaban J connectivity index is 1.95. The molecule has 0 atom stereocenters. The van der Waals surface area contributed by atoms with Gasteiger partial charge in [0.15, 0.2) is 0 Å². The van der Waals surface area contributed by atoms with Gasteiger partial charge >= 0.3 is 0 Å². The molecule has 1 aromatic heterocycles. The zero-order valence-electron chi connectivity index (χ0n) is 10.8. The molecule has 1 heterocycles. The second-order valence-electron chi connectivity index (χ2n) is 4.14. The average molecular weight is 246 g/mol. The summed E-state index contributed by atoms with van der Waals surface area (Å²) in [7, 11) is 0. The number of benzene rings is 1. The maximum absolute atomic E-state index is 5.51. The number of aryl methyl sites for hydroxylation is 3. The first kappa shape index (κ1) is 12.5. The molecule has 2 rings (SSSR count). The van der Waals surface area contributed by atoms with Gasteiger partial charge in [-0.15, -0.1) is 0 Å². The lowest BCUT2D eigenvalue weighted by atomic mass is 10.1. The number of anilines is 1. The Hall–Kier alpha value is -1.97. The van der Waals surface area contributed by atoms with Crippen LogP contribution in [-0.2, 0) is 12.8 Å². The van der Waals surface area contributed by atoms with E-state index in [1.807, 2.05) is 26.0 Å². The number of aromatic nitrogens is 1. The molecule has 0 unspecified atom stereocenters. The lowest BCUT2D eigenvalue weighted by molar-refractivity contribution is 0.340. The third kappa shape index (κ3) is 3.03. The molecule has 0 aliphatic rings. The van der Waals surface area contributed by atoms with Crippen LogP contribution in [0.15, 0.2) is 28.7 Å². The predicted molar refractivity (Wildman–Crippen MR) is 70.7 cm³/mol. The van der Waals surface area contributed by atoms with E-state index in [-0.39, 0.29) is 6.01 Å². The second-order valence-corrected chi connectivity index (χ2v) is 4.14. The van der Waals surface area contributed by atoms with E-state index in [0.717, 1.165) is 30.0 Å². The number of hydrogen-bond donors (Lipinski definition) is 1. The minimum Gasteiger partial charge on any atom is -0.494 e. The number of hydrogen-bond acceptors (Lipinski definition) is 4. The van der Waals surface area contributed by atoms with Crippen LogP contribution in [0.5, 0.6) is 5.75 Å². The number of nitrogens with two attached hydrogens (primary N) is 1. The van der Waals surface area contributed by atoms with Crippen LogP contribution in [-0.4, -0.2) is 11.6 Å². The van der Waals surface area contributed by atoms with Crippen molar-refractivity contribution in [3.05, 3.63) is 41.3 Å². The smallest absolute Gasteiger partial charge is 0.292 e. The highest BCUT2D eigenvalue weighted by atomic mass is 16.5. The quantitative estimate of drug-likeness (QED) is 0.881. The van der Waals surface area contributed by atoms with Crippen molar-refractivity contribution in [2.45, 2.75) is 26.7 Å². The summed E-state index contributed by atoms with van der Waals surface area (Å²) >= 11 is 0. The number of ether oxygens (including phenoxy) is 1. The molecule has 18 heavy (non-hydrogen) atoms. The molecular weight excluding hydrogens is 228 g/mol. The van der Waals surface area contributed by atoms with E-state index in [1.54, 1.807) is 0 Å². The fourth-order valence-corrected chi connectivity index (χ4v) is 1.86. The van der Waals surface area contributed by atoms with Gasteiger partial charge in [-0.3, -0.25) is 0 Å². The molecule has 0 saturated carbocycles. The molecule has 0 aliphatic heterocycles. The minimum atomic E-state index is 0.245. The number of rotatable bonds is 5. The van der Waals surface area contributed by atoms with E-state index < -0.39 is 0 Å². The Bertz CT molecular complexity index is 503. The van der Waals surface area contributed by atoms with E-state index in [4.69, 9.17) is 14.9 Å². The summed E-state index contributed by atoms with van der Waals surface area (Å²) in [6, 6.07) is 8.36. The van der Waals surface area contributed by atoms with Gasteiger partial charge in [-0.05, 0) is 38.0 Å². The van der Waals surface area contributed by atoms with E-state index in [9.17, 15) is 0 Å². The van der Waals surface area contributed by atoms with Crippen LogP contribution < -0.4 is 10.5 Å². The average Bonchev–Trinajstić information content (AvgIpc) is 2.67. The van der Waals surface area contributed by atoms with Crippen molar-refractivity contribution in [1.82, 2.24) is 4.98 Å². The molecule has 2 aromatic rings. The van der Waals surface area contributed by atoms with Crippen LogP contribution in [0.4, 0.5) is 6.01 Å². The predicted octanol–water partition coefficient (Wildman–Crippen LogP) is 2.75. The molecule has 1 aromatic carbocycles. The third-order valence-corrected chi connectivity index (χ3v) is 2.78. The van der Waals surface area contributed by atoms with Gasteiger partial charge in [0.2, 0.25) is 0 Å². The zero-order valence-corrected chi connectivity index (χ0v) is 10.8. The molecule has 96 valence electrons. The molecule has 0 radical (unpaired) electrons. The van der Waals surface area contributed by atoms with Crippen molar-refractivity contribution in [1.29, 1.82) is 0 Å². The number of nitrogen functional groups attached to an aromatic ring is 1. The van der Waals surface area contributed by atoms with Crippen molar-refractivity contribution in [2.24, 2.45) is 0 Å². The molecule has 0 saturated heterocycles. The summed E-state index contributed by atoms with van der Waals surface area (Å²) in [6.07, 6.45) is 1.71. The van der Waals surface area contributed by atoms with E-state index >= 15 is 0 Å². The Labute approximate surface area is 107 Å². The fourth-order valence-electron chi connectivity index (χ4n) is 1.86. The Morgan fingerprint density at radius 2 is 1.94 bits per heavy atom. The highest BCUT2D eigenvalue weighted by Crippen LogP contribution is 2.17. The van der Waals surface area contributed by atoms with Gasteiger partial charge in [0, 0.05) is 6.42 Å². The fraction of sp³-hybridized carbons (Fsp3) is 0.357. The van der Waals surface area contributed by atoms with Crippen molar-refractivity contribution in [3.63, 3.8) is 0 Å². The molecule has 0 amide bonds. The van der Waals surface area contributed by atoms with Gasteiger partial charge in [-0.25, -0.2) is 0 Å². The van der Waals surface area contributed by atoms with Crippen molar-refractivity contribution >= 4 is 6.01 Å². The van der Waals surface area contributed by atoms with E-state index in [0.29, 0.717) is 6.61 Å². The highest BCUT2D eigenvalue weighted by molar-refractivity contribution is 5.28. The topological polar surface area (TPSA) is 61.3 Å². The molecule has 0 bridgehead atoms. The lowest BCUT2D eigenvalue weighted by Gasteiger charge is -2.04. The van der Waals surface area contributed by atoms with Crippen molar-refractivity contribution in [2.75, 3.05) is 12.3 Å². The molecule has 4 nitrogen and oxygen atoms in total. The molecule has 0 aliphatic carbocycles. The molecule has 4 heteroatoms. The zero-order chi connectivity index (χ0) is 13.0. The first-order valence-electron chi connectivity index (χ1n) is 6.12. The molecule has 2 N–H and O–H groups in total. The molecular formula is C14H18N2O2. The van der Waals surface area contributed by atoms with Crippen LogP contribution >= 0.6 is 0 Å². The maximum Gasteiger partial charge on any atom is 0.292 e. The van der Waals surface area contributed by atoms with Gasteiger partial charge in [-0.1, -0.05) is 12.1 Å². The van der Waals surface area contributed by atoms with Gasteiger partial charge in [0.05, 0.1) is 12.3 Å². The van der Waals surface area contributed by atoms with Crippen molar-refractivity contribution < 1.29 is 9.15 Å². The minimum absolute atomic E-state index is 0.245. The normalized spacial score (nSPS) is 10.6.